The van der Waals surface area contributed by atoms with E-state index < -0.39 is 5.41 Å². The van der Waals surface area contributed by atoms with Crippen LogP contribution in [0, 0.1) is 11.3 Å². The largest absolute Gasteiger partial charge is 0.208 e. The van der Waals surface area contributed by atoms with Crippen molar-refractivity contribution in [3.8, 4) is 62.5 Å². The highest BCUT2D eigenvalue weighted by Gasteiger charge is 2.53. The van der Waals surface area contributed by atoms with E-state index >= 15 is 0 Å². The van der Waals surface area contributed by atoms with Crippen molar-refractivity contribution in [3.05, 3.63) is 209 Å². The lowest BCUT2D eigenvalue weighted by molar-refractivity contribution is 0.563. The molecule has 1 heterocycles. The van der Waals surface area contributed by atoms with Crippen molar-refractivity contribution >= 4 is 0 Å². The van der Waals surface area contributed by atoms with E-state index in [1.54, 1.807) is 6.07 Å². The fourth-order valence-corrected chi connectivity index (χ4v) is 9.03. The molecule has 0 amide bonds. The Bertz CT molecular complexity index is 2760. The van der Waals surface area contributed by atoms with Crippen molar-refractivity contribution in [1.82, 2.24) is 15.0 Å². The van der Waals surface area contributed by atoms with Crippen LogP contribution in [0.4, 0.5) is 0 Å². The molecular formula is C50H34N4. The van der Waals surface area contributed by atoms with Gasteiger partial charge in [-0.1, -0.05) is 172 Å². The van der Waals surface area contributed by atoms with E-state index in [4.69, 9.17) is 15.0 Å². The van der Waals surface area contributed by atoms with Crippen LogP contribution >= 0.6 is 0 Å². The lowest BCUT2D eigenvalue weighted by Crippen LogP contribution is -2.40. The van der Waals surface area contributed by atoms with Gasteiger partial charge in [0.1, 0.15) is 0 Å². The zero-order chi connectivity index (χ0) is 36.4. The molecule has 0 radical (unpaired) electrons. The van der Waals surface area contributed by atoms with Gasteiger partial charge in [-0.15, -0.1) is 0 Å². The number of nitriles is 1. The minimum Gasteiger partial charge on any atom is -0.208 e. The van der Waals surface area contributed by atoms with Gasteiger partial charge in [-0.25, -0.2) is 15.0 Å². The monoisotopic (exact) mass is 690 g/mol. The first kappa shape index (κ1) is 31.7. The second-order valence-corrected chi connectivity index (χ2v) is 14.7. The zero-order valence-electron chi connectivity index (χ0n) is 30.0. The van der Waals surface area contributed by atoms with Crippen LogP contribution in [0.15, 0.2) is 170 Å². The van der Waals surface area contributed by atoms with Gasteiger partial charge in [0.15, 0.2) is 17.5 Å². The van der Waals surface area contributed by atoms with Crippen LogP contribution in [0.2, 0.25) is 0 Å². The molecule has 0 bridgehead atoms. The molecule has 0 atom stereocenters. The predicted molar refractivity (Wildman–Crippen MR) is 216 cm³/mol. The van der Waals surface area contributed by atoms with Crippen LogP contribution in [-0.2, 0) is 10.8 Å². The number of hydrogen-bond acceptors (Lipinski definition) is 4. The molecular weight excluding hydrogens is 657 g/mol. The van der Waals surface area contributed by atoms with Gasteiger partial charge in [0.2, 0.25) is 0 Å². The fourth-order valence-electron chi connectivity index (χ4n) is 9.03. The maximum Gasteiger partial charge on any atom is 0.164 e. The molecule has 0 unspecified atom stereocenters. The molecule has 0 aliphatic heterocycles. The topological polar surface area (TPSA) is 62.5 Å². The second-order valence-electron chi connectivity index (χ2n) is 14.7. The Hall–Kier alpha value is -6.96. The van der Waals surface area contributed by atoms with Crippen molar-refractivity contribution in [3.63, 3.8) is 0 Å². The van der Waals surface area contributed by atoms with Gasteiger partial charge in [-0.2, -0.15) is 5.26 Å². The predicted octanol–water partition coefficient (Wildman–Crippen LogP) is 11.4. The molecule has 4 heteroatoms. The summed E-state index contributed by atoms with van der Waals surface area (Å²) in [5.74, 6) is 1.69. The molecule has 10 rings (SSSR count). The van der Waals surface area contributed by atoms with Crippen LogP contribution in [-0.4, -0.2) is 15.0 Å². The zero-order valence-corrected chi connectivity index (χ0v) is 30.0. The SMILES string of the molecule is CC1(C)c2ccccc2C2(c3ccccc3-c3c(-c4ccc(-c5nc(-c6ccccc6)nc(-c6cccc(C#N)c6)n5)cc4)cccc32)c2ccccc21. The number of aromatic nitrogens is 3. The summed E-state index contributed by atoms with van der Waals surface area (Å²) >= 11 is 0. The van der Waals surface area contributed by atoms with Crippen molar-refractivity contribution < 1.29 is 0 Å². The van der Waals surface area contributed by atoms with Gasteiger partial charge in [0.05, 0.1) is 17.0 Å². The third kappa shape index (κ3) is 4.58. The Kier molecular flexibility index (Phi) is 7.08. The molecule has 0 saturated heterocycles. The van der Waals surface area contributed by atoms with Crippen molar-refractivity contribution in [1.29, 1.82) is 5.26 Å². The van der Waals surface area contributed by atoms with Gasteiger partial charge in [-0.3, -0.25) is 0 Å². The summed E-state index contributed by atoms with van der Waals surface area (Å²) in [6, 6.07) is 62.1. The summed E-state index contributed by atoms with van der Waals surface area (Å²) in [4.78, 5) is 14.8. The first-order valence-corrected chi connectivity index (χ1v) is 18.3. The van der Waals surface area contributed by atoms with E-state index in [1.165, 1.54) is 50.1 Å². The number of fused-ring (bicyclic) bond motifs is 9. The van der Waals surface area contributed by atoms with Crippen LogP contribution in [0.3, 0.4) is 0 Å². The van der Waals surface area contributed by atoms with Crippen LogP contribution < -0.4 is 0 Å². The molecule has 7 aromatic carbocycles. The van der Waals surface area contributed by atoms with E-state index in [-0.39, 0.29) is 5.41 Å². The second kappa shape index (κ2) is 12.0. The Morgan fingerprint density at radius 2 is 0.870 bits per heavy atom. The van der Waals surface area contributed by atoms with Gasteiger partial charge < -0.3 is 0 Å². The number of benzene rings is 7. The first-order chi connectivity index (χ1) is 26.5. The summed E-state index contributed by atoms with van der Waals surface area (Å²) < 4.78 is 0. The van der Waals surface area contributed by atoms with E-state index in [2.05, 4.69) is 135 Å². The van der Waals surface area contributed by atoms with Crippen molar-refractivity contribution in [2.24, 2.45) is 0 Å². The summed E-state index contributed by atoms with van der Waals surface area (Å²) in [5, 5.41) is 9.58. The highest BCUT2D eigenvalue weighted by Crippen LogP contribution is 2.63. The van der Waals surface area contributed by atoms with Crippen molar-refractivity contribution in [2.45, 2.75) is 24.7 Å². The van der Waals surface area contributed by atoms with E-state index in [9.17, 15) is 5.26 Å². The molecule has 1 aromatic heterocycles. The summed E-state index contributed by atoms with van der Waals surface area (Å²) in [6.45, 7) is 4.72. The highest BCUT2D eigenvalue weighted by atomic mass is 15.0. The lowest BCUT2D eigenvalue weighted by atomic mass is 9.55. The smallest absolute Gasteiger partial charge is 0.164 e. The molecule has 0 saturated carbocycles. The number of rotatable bonds is 4. The Labute approximate surface area is 315 Å². The lowest BCUT2D eigenvalue weighted by Gasteiger charge is -2.46. The summed E-state index contributed by atoms with van der Waals surface area (Å²) in [6.07, 6.45) is 0. The number of nitrogens with zero attached hydrogens (tertiary/aromatic N) is 4. The van der Waals surface area contributed by atoms with Crippen molar-refractivity contribution in [2.75, 3.05) is 0 Å². The normalized spacial score (nSPS) is 14.0. The molecule has 8 aromatic rings. The maximum atomic E-state index is 9.58. The Morgan fingerprint density at radius 1 is 0.407 bits per heavy atom. The van der Waals surface area contributed by atoms with Gasteiger partial charge in [0, 0.05) is 22.1 Å². The first-order valence-electron chi connectivity index (χ1n) is 18.3. The standard InChI is InChI=1S/C50H34N4/c1-49(2)40-21-8-10-23-42(40)50(43-24-11-9-22-41(43)49)39-20-7-6-18-38(39)45-37(19-13-25-44(45)50)33-26-28-35(29-27-33)47-52-46(34-15-4-3-5-16-34)53-48(54-47)36-17-12-14-32(30-36)31-51/h3-30H,1-2H3. The quantitative estimate of drug-likeness (QED) is 0.184. The van der Waals surface area contributed by atoms with Crippen LogP contribution in [0.25, 0.3) is 56.4 Å². The minimum absolute atomic E-state index is 0.142. The molecule has 0 N–H and O–H groups in total. The highest BCUT2D eigenvalue weighted by molar-refractivity contribution is 5.96. The number of hydrogen-bond donors (Lipinski definition) is 0. The third-order valence-corrected chi connectivity index (χ3v) is 11.4. The molecule has 0 fully saturated rings. The van der Waals surface area contributed by atoms with Crippen LogP contribution in [0.5, 0.6) is 0 Å². The average Bonchev–Trinajstić information content (AvgIpc) is 3.54. The summed E-state index contributed by atoms with van der Waals surface area (Å²) in [7, 11) is 0. The summed E-state index contributed by atoms with van der Waals surface area (Å²) in [5.41, 5.74) is 15.5. The molecule has 254 valence electrons. The fraction of sp³-hybridized carbons (Fsp3) is 0.0800. The maximum absolute atomic E-state index is 9.58. The van der Waals surface area contributed by atoms with E-state index in [0.29, 0.717) is 23.0 Å². The molecule has 2 aliphatic rings. The third-order valence-electron chi connectivity index (χ3n) is 11.4. The molecule has 54 heavy (non-hydrogen) atoms. The van der Waals surface area contributed by atoms with Gasteiger partial charge >= 0.3 is 0 Å². The van der Waals surface area contributed by atoms with Gasteiger partial charge in [0.25, 0.3) is 0 Å². The average molecular weight is 691 g/mol. The minimum atomic E-state index is -0.442. The molecule has 1 spiro atoms. The van der Waals surface area contributed by atoms with Gasteiger partial charge in [-0.05, 0) is 67.8 Å². The molecule has 2 aliphatic carbocycles. The van der Waals surface area contributed by atoms with Crippen LogP contribution in [0.1, 0.15) is 52.8 Å². The Morgan fingerprint density at radius 3 is 1.52 bits per heavy atom. The van der Waals surface area contributed by atoms with E-state index in [0.717, 1.165) is 22.3 Å². The molecule has 4 nitrogen and oxygen atoms in total. The Balaban J connectivity index is 1.14. The van der Waals surface area contributed by atoms with E-state index in [1.807, 2.05) is 48.5 Å².